The zero-order valence-corrected chi connectivity index (χ0v) is 9.14. The third kappa shape index (κ3) is 4.74. The molecular formula is C13H14O3. The minimum absolute atomic E-state index is 0.290. The van der Waals surface area contributed by atoms with Crippen molar-refractivity contribution in [3.8, 4) is 11.8 Å². The Hall–Kier alpha value is -1.63. The molecule has 0 aliphatic rings. The van der Waals surface area contributed by atoms with Crippen molar-refractivity contribution in [2.75, 3.05) is 13.2 Å². The smallest absolute Gasteiger partial charge is 0.150 e. The topological polar surface area (TPSA) is 46.5 Å². The summed E-state index contributed by atoms with van der Waals surface area (Å²) in [5, 5.41) is 8.92. The van der Waals surface area contributed by atoms with E-state index in [1.54, 1.807) is 31.2 Å². The van der Waals surface area contributed by atoms with E-state index in [9.17, 15) is 4.79 Å². The molecule has 0 heterocycles. The van der Waals surface area contributed by atoms with Crippen LogP contribution in [-0.4, -0.2) is 30.7 Å². The molecule has 0 aliphatic carbocycles. The Balaban J connectivity index is 2.41. The van der Waals surface area contributed by atoms with Crippen molar-refractivity contribution >= 4 is 6.29 Å². The van der Waals surface area contributed by atoms with Gasteiger partial charge in [0.05, 0.1) is 12.7 Å². The van der Waals surface area contributed by atoms with Gasteiger partial charge in [-0.15, -0.1) is 0 Å². The Morgan fingerprint density at radius 3 is 2.69 bits per heavy atom. The van der Waals surface area contributed by atoms with Gasteiger partial charge in [0, 0.05) is 11.1 Å². The first kappa shape index (κ1) is 12.4. The Morgan fingerprint density at radius 2 is 2.12 bits per heavy atom. The second kappa shape index (κ2) is 6.78. The van der Waals surface area contributed by atoms with E-state index < -0.39 is 6.10 Å². The molecule has 3 nitrogen and oxygen atoms in total. The van der Waals surface area contributed by atoms with Crippen molar-refractivity contribution in [2.24, 2.45) is 0 Å². The number of carbonyl (C=O) groups excluding carboxylic acids is 1. The van der Waals surface area contributed by atoms with Crippen LogP contribution < -0.4 is 0 Å². The summed E-state index contributed by atoms with van der Waals surface area (Å²) in [7, 11) is 0. The van der Waals surface area contributed by atoms with Gasteiger partial charge in [0.25, 0.3) is 0 Å². The highest BCUT2D eigenvalue weighted by Crippen LogP contribution is 2.00. The van der Waals surface area contributed by atoms with Crippen molar-refractivity contribution in [3.05, 3.63) is 35.4 Å². The molecule has 0 aromatic heterocycles. The molecule has 1 N–H and O–H groups in total. The zero-order valence-electron chi connectivity index (χ0n) is 9.14. The van der Waals surface area contributed by atoms with Crippen LogP contribution in [0.15, 0.2) is 24.3 Å². The maximum atomic E-state index is 10.4. The Bertz CT molecular complexity index is 382. The van der Waals surface area contributed by atoms with Gasteiger partial charge < -0.3 is 9.84 Å². The maximum absolute atomic E-state index is 10.4. The number of ether oxygens (including phenoxy) is 1. The van der Waals surface area contributed by atoms with Crippen LogP contribution in [0.25, 0.3) is 0 Å². The number of rotatable bonds is 4. The average Bonchev–Trinajstić information content (AvgIpc) is 2.29. The van der Waals surface area contributed by atoms with Crippen LogP contribution >= 0.6 is 0 Å². The van der Waals surface area contributed by atoms with E-state index in [2.05, 4.69) is 11.8 Å². The summed E-state index contributed by atoms with van der Waals surface area (Å²) in [4.78, 5) is 10.4. The normalized spacial score (nSPS) is 11.4. The molecule has 1 aromatic rings. The summed E-state index contributed by atoms with van der Waals surface area (Å²) in [5.41, 5.74) is 1.47. The fourth-order valence-corrected chi connectivity index (χ4v) is 1.06. The predicted octanol–water partition coefficient (Wildman–Crippen LogP) is 1.25. The summed E-state index contributed by atoms with van der Waals surface area (Å²) < 4.78 is 5.08. The van der Waals surface area contributed by atoms with Gasteiger partial charge in [-0.25, -0.2) is 0 Å². The molecule has 0 saturated heterocycles. The van der Waals surface area contributed by atoms with E-state index in [0.717, 1.165) is 11.8 Å². The number of aliphatic hydroxyl groups is 1. The standard InChI is InChI=1S/C13H14O3/c1-11(15)10-16-8-2-3-12-4-6-13(9-14)7-5-12/h4-7,9,11,15H,8,10H2,1H3. The number of aldehydes is 1. The molecule has 1 unspecified atom stereocenters. The highest BCUT2D eigenvalue weighted by Gasteiger charge is 1.92. The van der Waals surface area contributed by atoms with E-state index >= 15 is 0 Å². The lowest BCUT2D eigenvalue weighted by Crippen LogP contribution is -2.10. The van der Waals surface area contributed by atoms with Gasteiger partial charge in [-0.2, -0.15) is 0 Å². The van der Waals surface area contributed by atoms with Gasteiger partial charge in [0.2, 0.25) is 0 Å². The molecule has 16 heavy (non-hydrogen) atoms. The van der Waals surface area contributed by atoms with Crippen LogP contribution in [0.5, 0.6) is 0 Å². The summed E-state index contributed by atoms with van der Waals surface area (Å²) in [6.07, 6.45) is 0.330. The highest BCUT2D eigenvalue weighted by molar-refractivity contribution is 5.74. The van der Waals surface area contributed by atoms with Gasteiger partial charge in [-0.1, -0.05) is 24.0 Å². The van der Waals surface area contributed by atoms with Gasteiger partial charge in [0.15, 0.2) is 0 Å². The van der Waals surface area contributed by atoms with Crippen LogP contribution in [0.2, 0.25) is 0 Å². The molecule has 0 fully saturated rings. The fraction of sp³-hybridized carbons (Fsp3) is 0.308. The van der Waals surface area contributed by atoms with Crippen molar-refractivity contribution in [3.63, 3.8) is 0 Å². The number of hydrogen-bond donors (Lipinski definition) is 1. The van der Waals surface area contributed by atoms with Crippen LogP contribution in [0.4, 0.5) is 0 Å². The minimum atomic E-state index is -0.464. The lowest BCUT2D eigenvalue weighted by Gasteiger charge is -2.01. The lowest BCUT2D eigenvalue weighted by atomic mass is 10.1. The van der Waals surface area contributed by atoms with E-state index in [1.165, 1.54) is 0 Å². The van der Waals surface area contributed by atoms with E-state index in [1.807, 2.05) is 0 Å². The Labute approximate surface area is 95.1 Å². The molecule has 0 bridgehead atoms. The lowest BCUT2D eigenvalue weighted by molar-refractivity contribution is 0.0621. The third-order valence-electron chi connectivity index (χ3n) is 1.81. The zero-order chi connectivity index (χ0) is 11.8. The van der Waals surface area contributed by atoms with Crippen LogP contribution in [0, 0.1) is 11.8 Å². The highest BCUT2D eigenvalue weighted by atomic mass is 16.5. The summed E-state index contributed by atoms with van der Waals surface area (Å²) in [5.74, 6) is 5.72. The van der Waals surface area contributed by atoms with E-state index in [0.29, 0.717) is 18.8 Å². The molecule has 0 aliphatic heterocycles. The molecular weight excluding hydrogens is 204 g/mol. The van der Waals surface area contributed by atoms with Crippen LogP contribution in [0.3, 0.4) is 0 Å². The second-order valence-corrected chi connectivity index (χ2v) is 3.41. The molecule has 0 amide bonds. The summed E-state index contributed by atoms with van der Waals surface area (Å²) in [6.45, 7) is 2.24. The van der Waals surface area contributed by atoms with Crippen molar-refractivity contribution in [1.29, 1.82) is 0 Å². The molecule has 3 heteroatoms. The first-order valence-electron chi connectivity index (χ1n) is 5.02. The number of hydrogen-bond acceptors (Lipinski definition) is 3. The van der Waals surface area contributed by atoms with Gasteiger partial charge in [0.1, 0.15) is 12.9 Å². The Kier molecular flexibility index (Phi) is 5.27. The minimum Gasteiger partial charge on any atom is -0.391 e. The molecule has 0 radical (unpaired) electrons. The molecule has 1 atom stereocenters. The predicted molar refractivity (Wildman–Crippen MR) is 61.2 cm³/mol. The maximum Gasteiger partial charge on any atom is 0.150 e. The van der Waals surface area contributed by atoms with Crippen LogP contribution in [0.1, 0.15) is 22.8 Å². The molecule has 0 spiro atoms. The van der Waals surface area contributed by atoms with Crippen molar-refractivity contribution in [2.45, 2.75) is 13.0 Å². The summed E-state index contributed by atoms with van der Waals surface area (Å²) >= 11 is 0. The van der Waals surface area contributed by atoms with Crippen molar-refractivity contribution < 1.29 is 14.6 Å². The number of benzene rings is 1. The molecule has 1 rings (SSSR count). The van der Waals surface area contributed by atoms with Gasteiger partial charge >= 0.3 is 0 Å². The van der Waals surface area contributed by atoms with Gasteiger partial charge in [-0.05, 0) is 19.1 Å². The SMILES string of the molecule is CC(O)COCC#Cc1ccc(C=O)cc1. The van der Waals surface area contributed by atoms with E-state index in [-0.39, 0.29) is 0 Å². The third-order valence-corrected chi connectivity index (χ3v) is 1.81. The molecule has 1 aromatic carbocycles. The average molecular weight is 218 g/mol. The quantitative estimate of drug-likeness (QED) is 0.470. The van der Waals surface area contributed by atoms with Gasteiger partial charge in [-0.3, -0.25) is 4.79 Å². The van der Waals surface area contributed by atoms with Crippen LogP contribution in [-0.2, 0) is 4.74 Å². The first-order chi connectivity index (χ1) is 7.72. The van der Waals surface area contributed by atoms with Crippen molar-refractivity contribution in [1.82, 2.24) is 0 Å². The Morgan fingerprint density at radius 1 is 1.44 bits per heavy atom. The fourth-order valence-electron chi connectivity index (χ4n) is 1.06. The largest absolute Gasteiger partial charge is 0.391 e. The summed E-state index contributed by atoms with van der Waals surface area (Å²) in [6, 6.07) is 7.00. The monoisotopic (exact) mass is 218 g/mol. The molecule has 0 saturated carbocycles. The number of aliphatic hydroxyl groups excluding tert-OH is 1. The second-order valence-electron chi connectivity index (χ2n) is 3.41. The number of carbonyl (C=O) groups is 1. The van der Waals surface area contributed by atoms with E-state index in [4.69, 9.17) is 9.84 Å². The molecule has 84 valence electrons. The first-order valence-corrected chi connectivity index (χ1v) is 5.02.